The number of hydrogen-bond acceptors (Lipinski definition) is 5. The lowest BCUT2D eigenvalue weighted by atomic mass is 9.96. The molecule has 2 aromatic rings. The van der Waals surface area contributed by atoms with Crippen LogP contribution < -0.4 is 16.4 Å². The van der Waals surface area contributed by atoms with E-state index < -0.39 is 42.8 Å². The van der Waals surface area contributed by atoms with Crippen LogP contribution in [0.25, 0.3) is 0 Å². The monoisotopic (exact) mass is 535 g/mol. The van der Waals surface area contributed by atoms with Crippen LogP contribution in [0.2, 0.25) is 0 Å². The van der Waals surface area contributed by atoms with E-state index >= 15 is 0 Å². The number of amides is 2. The predicted octanol–water partition coefficient (Wildman–Crippen LogP) is 2.81. The molecule has 4 rings (SSSR count). The number of halogens is 3. The Morgan fingerprint density at radius 2 is 2.00 bits per heavy atom. The molecule has 0 aliphatic carbocycles. The third kappa shape index (κ3) is 5.72. The molecule has 2 amide bonds. The Kier molecular flexibility index (Phi) is 7.18. The highest BCUT2D eigenvalue weighted by molar-refractivity contribution is 9.10. The molecule has 0 spiro atoms. The average Bonchev–Trinajstić information content (AvgIpc) is 3.38. The molecule has 2 aliphatic heterocycles. The van der Waals surface area contributed by atoms with E-state index in [0.717, 1.165) is 26.9 Å². The van der Waals surface area contributed by atoms with E-state index in [2.05, 4.69) is 31.5 Å². The number of carbonyl (C=O) groups is 2. The van der Waals surface area contributed by atoms with E-state index in [1.807, 2.05) is 24.3 Å². The minimum absolute atomic E-state index is 0.124. The number of anilines is 1. The lowest BCUT2D eigenvalue weighted by Gasteiger charge is -2.26. The molecule has 0 radical (unpaired) electrons. The Balaban J connectivity index is 1.38. The number of hydrogen-bond donors (Lipinski definition) is 3. The predicted molar refractivity (Wildman–Crippen MR) is 128 cm³/mol. The molecule has 1 unspecified atom stereocenters. The van der Waals surface area contributed by atoms with Crippen molar-refractivity contribution in [2.45, 2.75) is 50.7 Å². The molecule has 7 nitrogen and oxygen atoms in total. The van der Waals surface area contributed by atoms with Crippen molar-refractivity contribution in [3.05, 3.63) is 57.7 Å². The summed E-state index contributed by atoms with van der Waals surface area (Å²) in [7, 11) is 0. The Bertz CT molecular complexity index is 1070. The number of rotatable bonds is 6. The zero-order chi connectivity index (χ0) is 24.5. The quantitative estimate of drug-likeness (QED) is 0.528. The number of alkyl halides is 2. The summed E-state index contributed by atoms with van der Waals surface area (Å²) in [6.07, 6.45) is 0.652. The molecule has 3 heterocycles. The average molecular weight is 536 g/mol. The first-order chi connectivity index (χ1) is 16.1. The third-order valence-electron chi connectivity index (χ3n) is 6.48. The number of aryl methyl sites for hydroxylation is 1. The van der Waals surface area contributed by atoms with Crippen molar-refractivity contribution >= 4 is 33.6 Å². The lowest BCUT2D eigenvalue weighted by molar-refractivity contribution is -0.140. The van der Waals surface area contributed by atoms with Crippen LogP contribution >= 0.6 is 15.9 Å². The summed E-state index contributed by atoms with van der Waals surface area (Å²) < 4.78 is 29.6. The van der Waals surface area contributed by atoms with Crippen molar-refractivity contribution in [2.75, 3.05) is 18.8 Å². The minimum atomic E-state index is -3.11. The van der Waals surface area contributed by atoms with Gasteiger partial charge in [0.15, 0.2) is 0 Å². The van der Waals surface area contributed by atoms with E-state index in [0.29, 0.717) is 24.5 Å². The Morgan fingerprint density at radius 1 is 1.26 bits per heavy atom. The molecule has 0 bridgehead atoms. The second kappa shape index (κ2) is 9.95. The first-order valence-corrected chi connectivity index (χ1v) is 12.1. The first kappa shape index (κ1) is 24.5. The highest BCUT2D eigenvalue weighted by Crippen LogP contribution is 2.34. The molecule has 2 aliphatic rings. The van der Waals surface area contributed by atoms with Gasteiger partial charge in [0.1, 0.15) is 11.9 Å². The van der Waals surface area contributed by atoms with Crippen LogP contribution in [-0.2, 0) is 22.6 Å². The fraction of sp³-hybridized carbons (Fsp3) is 0.458. The summed E-state index contributed by atoms with van der Waals surface area (Å²) in [4.78, 5) is 31.2. The normalized spacial score (nSPS) is 23.8. The minimum Gasteiger partial charge on any atom is -0.384 e. The molecule has 2 saturated heterocycles. The molecule has 182 valence electrons. The summed E-state index contributed by atoms with van der Waals surface area (Å²) in [6.45, 7) is 1.76. The molecule has 2 fully saturated rings. The second-order valence-electron chi connectivity index (χ2n) is 9.13. The van der Waals surface area contributed by atoms with Crippen molar-refractivity contribution in [1.29, 1.82) is 0 Å². The number of benzene rings is 1. The number of nitrogens with one attached hydrogen (secondary N) is 2. The van der Waals surface area contributed by atoms with Gasteiger partial charge >= 0.3 is 0 Å². The van der Waals surface area contributed by atoms with Gasteiger partial charge < -0.3 is 21.3 Å². The Morgan fingerprint density at radius 3 is 2.71 bits per heavy atom. The fourth-order valence-electron chi connectivity index (χ4n) is 4.69. The van der Waals surface area contributed by atoms with Gasteiger partial charge in [0, 0.05) is 23.1 Å². The SMILES string of the molecule is Cc1nc(N)ccc1CNC(=O)C1CC(F)(F)CN1C(=O)[C@@H]1C[C@@H](Cc2ccc(Br)cc2)CN1. The van der Waals surface area contributed by atoms with E-state index in [9.17, 15) is 18.4 Å². The Hall–Kier alpha value is -2.59. The van der Waals surface area contributed by atoms with Crippen molar-refractivity contribution in [3.63, 3.8) is 0 Å². The second-order valence-corrected chi connectivity index (χ2v) is 10.0. The van der Waals surface area contributed by atoms with Crippen molar-refractivity contribution in [3.8, 4) is 0 Å². The zero-order valence-electron chi connectivity index (χ0n) is 18.9. The number of carbonyl (C=O) groups excluding carboxylic acids is 2. The van der Waals surface area contributed by atoms with Gasteiger partial charge in [-0.05, 0) is 61.6 Å². The molecule has 0 saturated carbocycles. The highest BCUT2D eigenvalue weighted by Gasteiger charge is 2.51. The smallest absolute Gasteiger partial charge is 0.267 e. The maximum absolute atomic E-state index is 14.3. The largest absolute Gasteiger partial charge is 0.384 e. The number of aromatic nitrogens is 1. The summed E-state index contributed by atoms with van der Waals surface area (Å²) in [5.41, 5.74) is 8.19. The van der Waals surface area contributed by atoms with E-state index in [4.69, 9.17) is 5.73 Å². The van der Waals surface area contributed by atoms with Crippen LogP contribution in [0.15, 0.2) is 40.9 Å². The van der Waals surface area contributed by atoms with Crippen LogP contribution in [0.3, 0.4) is 0 Å². The molecule has 3 atom stereocenters. The van der Waals surface area contributed by atoms with Gasteiger partial charge in [0.2, 0.25) is 11.8 Å². The van der Waals surface area contributed by atoms with Crippen LogP contribution in [0.5, 0.6) is 0 Å². The van der Waals surface area contributed by atoms with Gasteiger partial charge in [-0.25, -0.2) is 13.8 Å². The van der Waals surface area contributed by atoms with E-state index in [1.165, 1.54) is 0 Å². The molecule has 1 aromatic carbocycles. The zero-order valence-corrected chi connectivity index (χ0v) is 20.4. The summed E-state index contributed by atoms with van der Waals surface area (Å²) in [5.74, 6) is -3.56. The molecular formula is C24H28BrF2N5O2. The van der Waals surface area contributed by atoms with Gasteiger partial charge in [-0.2, -0.15) is 0 Å². The van der Waals surface area contributed by atoms with Gasteiger partial charge in [0.05, 0.1) is 12.6 Å². The van der Waals surface area contributed by atoms with Crippen LogP contribution in [0.4, 0.5) is 14.6 Å². The number of nitrogen functional groups attached to an aromatic ring is 1. The summed E-state index contributed by atoms with van der Waals surface area (Å²) in [5, 5.41) is 5.86. The van der Waals surface area contributed by atoms with Crippen LogP contribution in [0, 0.1) is 12.8 Å². The van der Waals surface area contributed by atoms with Crippen molar-refractivity contribution < 1.29 is 18.4 Å². The van der Waals surface area contributed by atoms with Gasteiger partial charge in [0.25, 0.3) is 5.92 Å². The lowest BCUT2D eigenvalue weighted by Crippen LogP contribution is -2.51. The van der Waals surface area contributed by atoms with E-state index in [-0.39, 0.29) is 12.5 Å². The number of nitrogens with two attached hydrogens (primary N) is 1. The first-order valence-electron chi connectivity index (χ1n) is 11.3. The molecule has 4 N–H and O–H groups in total. The highest BCUT2D eigenvalue weighted by atomic mass is 79.9. The van der Waals surface area contributed by atoms with Gasteiger partial charge in [-0.3, -0.25) is 9.59 Å². The maximum atomic E-state index is 14.3. The molecule has 10 heteroatoms. The number of pyridine rings is 1. The summed E-state index contributed by atoms with van der Waals surface area (Å²) in [6, 6.07) is 9.56. The van der Waals surface area contributed by atoms with Gasteiger partial charge in [-0.15, -0.1) is 0 Å². The fourth-order valence-corrected chi connectivity index (χ4v) is 4.95. The van der Waals surface area contributed by atoms with Gasteiger partial charge in [-0.1, -0.05) is 34.1 Å². The third-order valence-corrected chi connectivity index (χ3v) is 7.01. The standard InChI is InChI=1S/C24H28BrF2N5O2/c1-14-17(4-7-21(28)31-14)12-30-22(33)20-10-24(26,27)13-32(20)23(34)19-9-16(11-29-19)8-15-2-5-18(25)6-3-15/h2-7,16,19-20,29H,8-13H2,1H3,(H2,28,31)(H,30,33)/t16-,19+,20?/m1/s1. The van der Waals surface area contributed by atoms with Crippen molar-refractivity contribution in [2.24, 2.45) is 5.92 Å². The molecular weight excluding hydrogens is 508 g/mol. The maximum Gasteiger partial charge on any atom is 0.267 e. The molecule has 34 heavy (non-hydrogen) atoms. The number of nitrogens with zero attached hydrogens (tertiary/aromatic N) is 2. The van der Waals surface area contributed by atoms with Crippen LogP contribution in [0.1, 0.15) is 29.7 Å². The van der Waals surface area contributed by atoms with E-state index in [1.54, 1.807) is 19.1 Å². The molecule has 1 aromatic heterocycles. The summed E-state index contributed by atoms with van der Waals surface area (Å²) >= 11 is 3.42. The number of likely N-dealkylation sites (tertiary alicyclic amines) is 1. The van der Waals surface area contributed by atoms with Crippen molar-refractivity contribution in [1.82, 2.24) is 20.5 Å². The Labute approximate surface area is 205 Å². The van der Waals surface area contributed by atoms with Crippen LogP contribution in [-0.4, -0.2) is 52.8 Å². The topological polar surface area (TPSA) is 100 Å².